The van der Waals surface area contributed by atoms with Gasteiger partial charge in [-0.25, -0.2) is 9.78 Å². The third-order valence-electron chi connectivity index (χ3n) is 2.58. The Morgan fingerprint density at radius 1 is 1.40 bits per heavy atom. The van der Waals surface area contributed by atoms with Crippen LogP contribution in [0, 0.1) is 17.0 Å². The molecule has 1 aromatic carbocycles. The van der Waals surface area contributed by atoms with Crippen molar-refractivity contribution in [2.75, 3.05) is 0 Å². The van der Waals surface area contributed by atoms with Crippen molar-refractivity contribution in [2.24, 2.45) is 0 Å². The number of ether oxygens (including phenoxy) is 1. The lowest BCUT2D eigenvalue weighted by molar-refractivity contribution is -0.384. The molecule has 7 nitrogen and oxygen atoms in total. The van der Waals surface area contributed by atoms with Crippen LogP contribution in [0.1, 0.15) is 15.9 Å². The first-order valence-electron chi connectivity index (χ1n) is 5.60. The third kappa shape index (κ3) is 2.72. The number of carboxylic acids is 1. The molecular formula is C13H10N2O5. The summed E-state index contributed by atoms with van der Waals surface area (Å²) < 4.78 is 5.35. The van der Waals surface area contributed by atoms with Gasteiger partial charge in [0.15, 0.2) is 0 Å². The van der Waals surface area contributed by atoms with E-state index >= 15 is 0 Å². The molecule has 1 aromatic heterocycles. The number of hydrogen-bond donors (Lipinski definition) is 1. The average Bonchev–Trinajstić information content (AvgIpc) is 2.38. The highest BCUT2D eigenvalue weighted by Crippen LogP contribution is 2.27. The van der Waals surface area contributed by atoms with Crippen molar-refractivity contribution < 1.29 is 19.6 Å². The SMILES string of the molecule is Cc1ccnc(Oc2cccc([N+](=O)[O-])c2)c1C(=O)O. The van der Waals surface area contributed by atoms with Gasteiger partial charge in [0.2, 0.25) is 5.88 Å². The fraction of sp³-hybridized carbons (Fsp3) is 0.0769. The van der Waals surface area contributed by atoms with Gasteiger partial charge >= 0.3 is 5.97 Å². The van der Waals surface area contributed by atoms with Gasteiger partial charge in [0.1, 0.15) is 11.3 Å². The van der Waals surface area contributed by atoms with Crippen LogP contribution in [-0.4, -0.2) is 21.0 Å². The highest BCUT2D eigenvalue weighted by atomic mass is 16.6. The highest BCUT2D eigenvalue weighted by molar-refractivity contribution is 5.91. The van der Waals surface area contributed by atoms with Crippen molar-refractivity contribution >= 4 is 11.7 Å². The second-order valence-corrected chi connectivity index (χ2v) is 3.97. The van der Waals surface area contributed by atoms with Crippen molar-refractivity contribution in [1.29, 1.82) is 0 Å². The number of rotatable bonds is 4. The van der Waals surface area contributed by atoms with Gasteiger partial charge in [0.25, 0.3) is 5.69 Å². The van der Waals surface area contributed by atoms with Crippen molar-refractivity contribution in [3.63, 3.8) is 0 Å². The van der Waals surface area contributed by atoms with E-state index in [1.165, 1.54) is 30.5 Å². The largest absolute Gasteiger partial charge is 0.477 e. The minimum Gasteiger partial charge on any atom is -0.477 e. The third-order valence-corrected chi connectivity index (χ3v) is 2.58. The lowest BCUT2D eigenvalue weighted by Crippen LogP contribution is -2.04. The topological polar surface area (TPSA) is 103 Å². The molecule has 20 heavy (non-hydrogen) atoms. The Hall–Kier alpha value is -2.96. The number of nitrogens with zero attached hydrogens (tertiary/aromatic N) is 2. The molecule has 2 aromatic rings. The van der Waals surface area contributed by atoms with Crippen LogP contribution in [0.4, 0.5) is 5.69 Å². The summed E-state index contributed by atoms with van der Waals surface area (Å²) in [5.41, 5.74) is 0.277. The van der Waals surface area contributed by atoms with E-state index in [1.807, 2.05) is 0 Å². The molecule has 1 N–H and O–H groups in total. The molecule has 1 heterocycles. The van der Waals surface area contributed by atoms with Crippen LogP contribution in [0.25, 0.3) is 0 Å². The van der Waals surface area contributed by atoms with E-state index in [9.17, 15) is 14.9 Å². The average molecular weight is 274 g/mol. The number of aromatic nitrogens is 1. The maximum atomic E-state index is 11.2. The molecule has 0 amide bonds. The van der Waals surface area contributed by atoms with Gasteiger partial charge in [-0.2, -0.15) is 0 Å². The van der Waals surface area contributed by atoms with Crippen molar-refractivity contribution in [3.8, 4) is 11.6 Å². The summed E-state index contributed by atoms with van der Waals surface area (Å²) in [6.45, 7) is 1.62. The van der Waals surface area contributed by atoms with Crippen molar-refractivity contribution in [2.45, 2.75) is 6.92 Å². The number of nitro groups is 1. The zero-order chi connectivity index (χ0) is 14.7. The van der Waals surface area contributed by atoms with Crippen molar-refractivity contribution in [1.82, 2.24) is 4.98 Å². The number of pyridine rings is 1. The number of carbonyl (C=O) groups is 1. The Morgan fingerprint density at radius 3 is 2.80 bits per heavy atom. The fourth-order valence-corrected chi connectivity index (χ4v) is 1.64. The predicted octanol–water partition coefficient (Wildman–Crippen LogP) is 2.79. The molecule has 2 rings (SSSR count). The highest BCUT2D eigenvalue weighted by Gasteiger charge is 2.17. The van der Waals surface area contributed by atoms with E-state index in [2.05, 4.69) is 4.98 Å². The molecule has 0 fully saturated rings. The van der Waals surface area contributed by atoms with Crippen LogP contribution in [0.3, 0.4) is 0 Å². The Labute approximate surface area is 113 Å². The number of aryl methyl sites for hydroxylation is 1. The Morgan fingerprint density at radius 2 is 2.15 bits per heavy atom. The van der Waals surface area contributed by atoms with Gasteiger partial charge in [0, 0.05) is 12.3 Å². The van der Waals surface area contributed by atoms with Crippen LogP contribution < -0.4 is 4.74 Å². The second-order valence-electron chi connectivity index (χ2n) is 3.97. The van der Waals surface area contributed by atoms with E-state index < -0.39 is 10.9 Å². The van der Waals surface area contributed by atoms with Gasteiger partial charge in [-0.1, -0.05) is 6.07 Å². The lowest BCUT2D eigenvalue weighted by atomic mass is 10.1. The number of nitro benzene ring substituents is 1. The Kier molecular flexibility index (Phi) is 3.60. The van der Waals surface area contributed by atoms with E-state index in [4.69, 9.17) is 9.84 Å². The predicted molar refractivity (Wildman–Crippen MR) is 69.1 cm³/mol. The molecule has 0 bridgehead atoms. The molecule has 0 aliphatic carbocycles. The van der Waals surface area contributed by atoms with Crippen LogP contribution in [0.15, 0.2) is 36.5 Å². The molecule has 7 heteroatoms. The minimum absolute atomic E-state index is 0.0704. The van der Waals surface area contributed by atoms with E-state index in [-0.39, 0.29) is 22.9 Å². The summed E-state index contributed by atoms with van der Waals surface area (Å²) in [6, 6.07) is 7.00. The monoisotopic (exact) mass is 274 g/mol. The lowest BCUT2D eigenvalue weighted by Gasteiger charge is -2.09. The van der Waals surface area contributed by atoms with Crippen LogP contribution in [0.2, 0.25) is 0 Å². The maximum Gasteiger partial charge on any atom is 0.341 e. The standard InChI is InChI=1S/C13H10N2O5/c1-8-5-6-14-12(11(8)13(16)17)20-10-4-2-3-9(7-10)15(18)19/h2-7H,1H3,(H,16,17). The van der Waals surface area contributed by atoms with Crippen LogP contribution in [-0.2, 0) is 0 Å². The van der Waals surface area contributed by atoms with E-state index in [1.54, 1.807) is 13.0 Å². The summed E-state index contributed by atoms with van der Waals surface area (Å²) in [6.07, 6.45) is 1.41. The summed E-state index contributed by atoms with van der Waals surface area (Å²) in [5.74, 6) is -1.12. The molecular weight excluding hydrogens is 264 g/mol. The van der Waals surface area contributed by atoms with Crippen LogP contribution in [0.5, 0.6) is 11.6 Å². The number of carboxylic acid groups (broad SMARTS) is 1. The molecule has 0 radical (unpaired) electrons. The van der Waals surface area contributed by atoms with Gasteiger partial charge in [-0.05, 0) is 24.6 Å². The molecule has 0 aliphatic heterocycles. The molecule has 0 atom stereocenters. The van der Waals surface area contributed by atoms with Crippen molar-refractivity contribution in [3.05, 3.63) is 57.8 Å². The van der Waals surface area contributed by atoms with E-state index in [0.717, 1.165) is 0 Å². The Bertz CT molecular complexity index is 684. The first-order chi connectivity index (χ1) is 9.49. The molecule has 102 valence electrons. The fourth-order valence-electron chi connectivity index (χ4n) is 1.64. The van der Waals surface area contributed by atoms with Gasteiger partial charge < -0.3 is 9.84 Å². The zero-order valence-corrected chi connectivity index (χ0v) is 10.4. The Balaban J connectivity index is 2.40. The van der Waals surface area contributed by atoms with Gasteiger partial charge in [-0.15, -0.1) is 0 Å². The second kappa shape index (κ2) is 5.35. The first kappa shape index (κ1) is 13.5. The molecule has 0 spiro atoms. The number of benzene rings is 1. The van der Waals surface area contributed by atoms with Crippen LogP contribution >= 0.6 is 0 Å². The maximum absolute atomic E-state index is 11.2. The smallest absolute Gasteiger partial charge is 0.341 e. The molecule has 0 saturated carbocycles. The zero-order valence-electron chi connectivity index (χ0n) is 10.4. The molecule has 0 aliphatic rings. The normalized spacial score (nSPS) is 10.1. The number of aromatic carboxylic acids is 1. The first-order valence-corrected chi connectivity index (χ1v) is 5.60. The van der Waals surface area contributed by atoms with Gasteiger partial charge in [0.05, 0.1) is 11.0 Å². The number of non-ortho nitro benzene ring substituents is 1. The summed E-state index contributed by atoms with van der Waals surface area (Å²) in [4.78, 5) is 25.2. The quantitative estimate of drug-likeness (QED) is 0.679. The van der Waals surface area contributed by atoms with E-state index in [0.29, 0.717) is 5.56 Å². The number of hydrogen-bond acceptors (Lipinski definition) is 5. The summed E-state index contributed by atoms with van der Waals surface area (Å²) >= 11 is 0. The van der Waals surface area contributed by atoms with Gasteiger partial charge in [-0.3, -0.25) is 10.1 Å². The molecule has 0 unspecified atom stereocenters. The minimum atomic E-state index is -1.17. The molecule has 0 saturated heterocycles. The summed E-state index contributed by atoms with van der Waals surface area (Å²) in [5, 5.41) is 19.8. The summed E-state index contributed by atoms with van der Waals surface area (Å²) in [7, 11) is 0.